The average molecular weight is 209 g/mol. The number of ether oxygens (including phenoxy) is 1. The van der Waals surface area contributed by atoms with E-state index < -0.39 is 10.0 Å². The van der Waals surface area contributed by atoms with Crippen LogP contribution in [0.15, 0.2) is 0 Å². The van der Waals surface area contributed by atoms with Gasteiger partial charge in [-0.1, -0.05) is 0 Å². The van der Waals surface area contributed by atoms with Gasteiger partial charge in [0.1, 0.15) is 0 Å². The highest BCUT2D eigenvalue weighted by molar-refractivity contribution is 7.88. The van der Waals surface area contributed by atoms with Gasteiger partial charge < -0.3 is 4.74 Å². The molecule has 0 aliphatic rings. The standard InChI is InChI=1S/C8H19NO3S/c1-7(2)12-8(3)6-9(4)13(5,10)11/h7-8H,6H2,1-5H3/t8-/m1/s1. The minimum absolute atomic E-state index is 0.0697. The second kappa shape index (κ2) is 4.93. The third-order valence-electron chi connectivity index (χ3n) is 1.58. The first-order chi connectivity index (χ1) is 5.73. The number of hydrogen-bond donors (Lipinski definition) is 0. The molecule has 0 N–H and O–H groups in total. The van der Waals surface area contributed by atoms with E-state index in [1.807, 2.05) is 20.8 Å². The third-order valence-corrected chi connectivity index (χ3v) is 2.87. The second-order valence-electron chi connectivity index (χ2n) is 3.54. The SMILES string of the molecule is CC(C)O[C@H](C)CN(C)S(C)(=O)=O. The van der Waals surface area contributed by atoms with Crippen LogP contribution >= 0.6 is 0 Å². The molecule has 0 saturated heterocycles. The Morgan fingerprint density at radius 2 is 1.77 bits per heavy atom. The summed E-state index contributed by atoms with van der Waals surface area (Å²) in [5.41, 5.74) is 0. The number of hydrogen-bond acceptors (Lipinski definition) is 3. The van der Waals surface area contributed by atoms with Gasteiger partial charge in [-0.3, -0.25) is 0 Å². The Morgan fingerprint density at radius 1 is 1.31 bits per heavy atom. The first-order valence-corrected chi connectivity index (χ1v) is 6.15. The Labute approximate surface area is 80.9 Å². The van der Waals surface area contributed by atoms with Crippen LogP contribution < -0.4 is 0 Å². The zero-order valence-corrected chi connectivity index (χ0v) is 9.76. The van der Waals surface area contributed by atoms with Crippen LogP contribution in [0.1, 0.15) is 20.8 Å². The summed E-state index contributed by atoms with van der Waals surface area (Å²) in [6, 6.07) is 0. The monoisotopic (exact) mass is 209 g/mol. The van der Waals surface area contributed by atoms with Gasteiger partial charge in [0.15, 0.2) is 0 Å². The molecule has 0 aliphatic heterocycles. The van der Waals surface area contributed by atoms with Gasteiger partial charge in [-0.15, -0.1) is 0 Å². The van der Waals surface area contributed by atoms with Gasteiger partial charge in [0.05, 0.1) is 18.5 Å². The Balaban J connectivity index is 4.00. The lowest BCUT2D eigenvalue weighted by Gasteiger charge is -2.21. The zero-order valence-electron chi connectivity index (χ0n) is 8.94. The number of likely N-dealkylation sites (N-methyl/N-ethyl adjacent to an activating group) is 1. The summed E-state index contributed by atoms with van der Waals surface area (Å²) in [6.07, 6.45) is 1.25. The van der Waals surface area contributed by atoms with Crippen molar-refractivity contribution in [3.63, 3.8) is 0 Å². The van der Waals surface area contributed by atoms with E-state index >= 15 is 0 Å². The molecule has 0 bridgehead atoms. The Kier molecular flexibility index (Phi) is 4.88. The molecule has 1 atom stereocenters. The van der Waals surface area contributed by atoms with Crippen LogP contribution in [-0.2, 0) is 14.8 Å². The van der Waals surface area contributed by atoms with Gasteiger partial charge in [-0.25, -0.2) is 12.7 Å². The lowest BCUT2D eigenvalue weighted by molar-refractivity contribution is 0.0120. The highest BCUT2D eigenvalue weighted by atomic mass is 32.2. The first kappa shape index (κ1) is 12.9. The normalized spacial score (nSPS) is 15.3. The van der Waals surface area contributed by atoms with E-state index in [0.29, 0.717) is 6.54 Å². The molecule has 0 saturated carbocycles. The molecule has 0 fully saturated rings. The van der Waals surface area contributed by atoms with Gasteiger partial charge in [0.2, 0.25) is 10.0 Å². The molecule has 0 amide bonds. The molecule has 5 heteroatoms. The lowest BCUT2D eigenvalue weighted by Crippen LogP contribution is -2.34. The van der Waals surface area contributed by atoms with E-state index in [9.17, 15) is 8.42 Å². The average Bonchev–Trinajstić information content (AvgIpc) is 1.82. The summed E-state index contributed by atoms with van der Waals surface area (Å²) < 4.78 is 28.7. The zero-order chi connectivity index (χ0) is 10.6. The second-order valence-corrected chi connectivity index (χ2v) is 5.63. The minimum Gasteiger partial charge on any atom is -0.374 e. The van der Waals surface area contributed by atoms with E-state index in [-0.39, 0.29) is 12.2 Å². The van der Waals surface area contributed by atoms with E-state index in [2.05, 4.69) is 0 Å². The Morgan fingerprint density at radius 3 is 2.08 bits per heavy atom. The fourth-order valence-corrected chi connectivity index (χ4v) is 1.49. The van der Waals surface area contributed by atoms with E-state index in [1.165, 1.54) is 10.6 Å². The maximum atomic E-state index is 11.0. The molecule has 0 heterocycles. The molecule has 0 aromatic rings. The smallest absolute Gasteiger partial charge is 0.211 e. The maximum absolute atomic E-state index is 11.0. The van der Waals surface area contributed by atoms with Crippen molar-refractivity contribution in [1.29, 1.82) is 0 Å². The molecule has 0 aromatic heterocycles. The highest BCUT2D eigenvalue weighted by Crippen LogP contribution is 2.01. The van der Waals surface area contributed by atoms with Gasteiger partial charge >= 0.3 is 0 Å². The molecule has 0 radical (unpaired) electrons. The van der Waals surface area contributed by atoms with Crippen molar-refractivity contribution in [1.82, 2.24) is 4.31 Å². The van der Waals surface area contributed by atoms with Gasteiger partial charge in [-0.2, -0.15) is 0 Å². The van der Waals surface area contributed by atoms with Gasteiger partial charge in [0, 0.05) is 13.6 Å². The van der Waals surface area contributed by atoms with Crippen molar-refractivity contribution < 1.29 is 13.2 Å². The summed E-state index contributed by atoms with van der Waals surface area (Å²) in [5.74, 6) is 0. The summed E-state index contributed by atoms with van der Waals surface area (Å²) in [5, 5.41) is 0. The molecule has 0 rings (SSSR count). The van der Waals surface area contributed by atoms with Crippen LogP contribution in [0.25, 0.3) is 0 Å². The molecule has 80 valence electrons. The quantitative estimate of drug-likeness (QED) is 0.669. The maximum Gasteiger partial charge on any atom is 0.211 e. The van der Waals surface area contributed by atoms with Crippen LogP contribution in [0.4, 0.5) is 0 Å². The molecule has 0 spiro atoms. The largest absolute Gasteiger partial charge is 0.374 e. The van der Waals surface area contributed by atoms with E-state index in [0.717, 1.165) is 0 Å². The van der Waals surface area contributed by atoms with Gasteiger partial charge in [0.25, 0.3) is 0 Å². The van der Waals surface area contributed by atoms with Crippen LogP contribution in [-0.4, -0.2) is 44.8 Å². The number of nitrogens with zero attached hydrogens (tertiary/aromatic N) is 1. The lowest BCUT2D eigenvalue weighted by atomic mass is 10.4. The highest BCUT2D eigenvalue weighted by Gasteiger charge is 2.15. The van der Waals surface area contributed by atoms with E-state index in [1.54, 1.807) is 7.05 Å². The summed E-state index contributed by atoms with van der Waals surface area (Å²) in [7, 11) is -1.53. The summed E-state index contributed by atoms with van der Waals surface area (Å²) >= 11 is 0. The molecule has 0 aromatic carbocycles. The predicted molar refractivity (Wildman–Crippen MR) is 53.2 cm³/mol. The van der Waals surface area contributed by atoms with Crippen molar-refractivity contribution >= 4 is 10.0 Å². The van der Waals surface area contributed by atoms with Gasteiger partial charge in [-0.05, 0) is 20.8 Å². The molecule has 4 nitrogen and oxygen atoms in total. The van der Waals surface area contributed by atoms with Crippen molar-refractivity contribution in [2.75, 3.05) is 19.8 Å². The summed E-state index contributed by atoms with van der Waals surface area (Å²) in [6.45, 7) is 6.12. The number of sulfonamides is 1. The van der Waals surface area contributed by atoms with Crippen molar-refractivity contribution in [2.24, 2.45) is 0 Å². The van der Waals surface area contributed by atoms with Crippen LogP contribution in [0, 0.1) is 0 Å². The topological polar surface area (TPSA) is 46.6 Å². The Bertz CT molecular complexity index is 236. The molecule has 13 heavy (non-hydrogen) atoms. The van der Waals surface area contributed by atoms with Crippen molar-refractivity contribution in [3.05, 3.63) is 0 Å². The minimum atomic E-state index is -3.08. The fraction of sp³-hybridized carbons (Fsp3) is 1.00. The predicted octanol–water partition coefficient (Wildman–Crippen LogP) is 0.691. The molecule has 0 unspecified atom stereocenters. The van der Waals surface area contributed by atoms with Crippen LogP contribution in [0.5, 0.6) is 0 Å². The molecular formula is C8H19NO3S. The molecular weight excluding hydrogens is 190 g/mol. The van der Waals surface area contributed by atoms with E-state index in [4.69, 9.17) is 4.74 Å². The van der Waals surface area contributed by atoms with Crippen LogP contribution in [0.3, 0.4) is 0 Å². The number of rotatable bonds is 5. The Hall–Kier alpha value is -0.130. The van der Waals surface area contributed by atoms with Crippen molar-refractivity contribution in [2.45, 2.75) is 33.0 Å². The first-order valence-electron chi connectivity index (χ1n) is 4.30. The van der Waals surface area contributed by atoms with Crippen LogP contribution in [0.2, 0.25) is 0 Å². The van der Waals surface area contributed by atoms with Crippen molar-refractivity contribution in [3.8, 4) is 0 Å². The summed E-state index contributed by atoms with van der Waals surface area (Å²) in [4.78, 5) is 0. The molecule has 0 aliphatic carbocycles. The third kappa shape index (κ3) is 6.01. The fourth-order valence-electron chi connectivity index (χ4n) is 1.01.